The first-order chi connectivity index (χ1) is 8.56. The van der Waals surface area contributed by atoms with Gasteiger partial charge in [0, 0.05) is 5.54 Å². The third kappa shape index (κ3) is 2.46. The molecule has 0 aromatic heterocycles. The molecule has 18 heavy (non-hydrogen) atoms. The zero-order chi connectivity index (χ0) is 13.2. The second-order valence-corrected chi connectivity index (χ2v) is 5.03. The predicted octanol–water partition coefficient (Wildman–Crippen LogP) is 2.17. The van der Waals surface area contributed by atoms with Gasteiger partial charge >= 0.3 is 0 Å². The summed E-state index contributed by atoms with van der Waals surface area (Å²) in [4.78, 5) is 12.2. The van der Waals surface area contributed by atoms with Crippen LogP contribution in [0.1, 0.15) is 43.0 Å². The number of carbonyl (C=O) groups is 1. The molecule has 4 N–H and O–H groups in total. The highest BCUT2D eigenvalue weighted by Gasteiger charge is 2.31. The molecule has 1 aliphatic carbocycles. The molecule has 1 aliphatic rings. The maximum atomic E-state index is 13.5. The van der Waals surface area contributed by atoms with Crippen LogP contribution >= 0.6 is 0 Å². The molecule has 0 radical (unpaired) electrons. The predicted molar refractivity (Wildman–Crippen MR) is 68.5 cm³/mol. The van der Waals surface area contributed by atoms with E-state index in [-0.39, 0.29) is 22.7 Å². The van der Waals surface area contributed by atoms with E-state index in [9.17, 15) is 9.18 Å². The summed E-state index contributed by atoms with van der Waals surface area (Å²) in [6, 6.07) is 4.33. The van der Waals surface area contributed by atoms with Crippen LogP contribution in [-0.4, -0.2) is 11.4 Å². The number of carbonyl (C=O) groups excluding carboxylic acids is 1. The first-order valence-electron chi connectivity index (χ1n) is 6.13. The van der Waals surface area contributed by atoms with Crippen molar-refractivity contribution in [3.05, 3.63) is 29.6 Å². The average molecular weight is 251 g/mol. The third-order valence-electron chi connectivity index (χ3n) is 3.52. The minimum Gasteiger partial charge on any atom is -0.347 e. The van der Waals surface area contributed by atoms with Crippen LogP contribution in [0, 0.1) is 5.82 Å². The molecule has 0 heterocycles. The van der Waals surface area contributed by atoms with E-state index in [4.69, 9.17) is 5.84 Å². The van der Waals surface area contributed by atoms with E-state index in [0.29, 0.717) is 0 Å². The molecule has 1 amide bonds. The Kier molecular flexibility index (Phi) is 3.52. The van der Waals surface area contributed by atoms with Gasteiger partial charge in [-0.1, -0.05) is 18.9 Å². The van der Waals surface area contributed by atoms with Gasteiger partial charge < -0.3 is 10.7 Å². The summed E-state index contributed by atoms with van der Waals surface area (Å²) in [5, 5.41) is 2.97. The second-order valence-electron chi connectivity index (χ2n) is 5.03. The molecule has 1 aromatic rings. The van der Waals surface area contributed by atoms with Gasteiger partial charge in [-0.3, -0.25) is 10.6 Å². The zero-order valence-corrected chi connectivity index (χ0v) is 10.4. The van der Waals surface area contributed by atoms with Crippen LogP contribution < -0.4 is 16.6 Å². The summed E-state index contributed by atoms with van der Waals surface area (Å²) >= 11 is 0. The number of para-hydroxylation sites is 1. The average Bonchev–Trinajstić information content (AvgIpc) is 2.75. The Morgan fingerprint density at radius 1 is 1.39 bits per heavy atom. The van der Waals surface area contributed by atoms with Crippen LogP contribution in [0.3, 0.4) is 0 Å². The molecule has 5 heteroatoms. The number of hydrogen-bond acceptors (Lipinski definition) is 3. The molecule has 98 valence electrons. The first kappa shape index (κ1) is 12.8. The maximum absolute atomic E-state index is 13.5. The summed E-state index contributed by atoms with van der Waals surface area (Å²) in [6.45, 7) is 2.02. The summed E-state index contributed by atoms with van der Waals surface area (Å²) in [6.07, 6.45) is 4.14. The van der Waals surface area contributed by atoms with E-state index in [0.717, 1.165) is 25.7 Å². The summed E-state index contributed by atoms with van der Waals surface area (Å²) < 4.78 is 13.5. The quantitative estimate of drug-likeness (QED) is 0.569. The topological polar surface area (TPSA) is 67.2 Å². The molecule has 0 bridgehead atoms. The molecule has 0 saturated heterocycles. The van der Waals surface area contributed by atoms with Gasteiger partial charge in [-0.15, -0.1) is 0 Å². The largest absolute Gasteiger partial charge is 0.347 e. The van der Waals surface area contributed by atoms with Crippen molar-refractivity contribution in [3.63, 3.8) is 0 Å². The van der Waals surface area contributed by atoms with Crippen molar-refractivity contribution >= 4 is 11.6 Å². The van der Waals surface area contributed by atoms with E-state index in [1.807, 2.05) is 6.92 Å². The van der Waals surface area contributed by atoms with E-state index in [1.54, 1.807) is 6.07 Å². The monoisotopic (exact) mass is 251 g/mol. The molecule has 0 atom stereocenters. The number of rotatable bonds is 3. The summed E-state index contributed by atoms with van der Waals surface area (Å²) in [7, 11) is 0. The molecule has 0 unspecified atom stereocenters. The van der Waals surface area contributed by atoms with Crippen molar-refractivity contribution in [2.45, 2.75) is 38.1 Å². The molecule has 0 spiro atoms. The second kappa shape index (κ2) is 4.94. The number of nitrogen functional groups attached to an aromatic ring is 1. The smallest absolute Gasteiger partial charge is 0.253 e. The lowest BCUT2D eigenvalue weighted by atomic mass is 9.99. The van der Waals surface area contributed by atoms with Crippen molar-refractivity contribution in [1.29, 1.82) is 0 Å². The number of nitrogens with two attached hydrogens (primary N) is 1. The molecule has 2 rings (SSSR count). The van der Waals surface area contributed by atoms with Crippen molar-refractivity contribution in [2.75, 3.05) is 5.43 Å². The van der Waals surface area contributed by atoms with Gasteiger partial charge in [-0.05, 0) is 31.9 Å². The van der Waals surface area contributed by atoms with Gasteiger partial charge in [0.15, 0.2) is 0 Å². The fourth-order valence-corrected chi connectivity index (χ4v) is 2.48. The van der Waals surface area contributed by atoms with E-state index in [1.165, 1.54) is 12.1 Å². The van der Waals surface area contributed by atoms with Crippen molar-refractivity contribution in [3.8, 4) is 0 Å². The highest BCUT2D eigenvalue weighted by atomic mass is 19.1. The fraction of sp³-hybridized carbons (Fsp3) is 0.462. The van der Waals surface area contributed by atoms with Gasteiger partial charge in [0.2, 0.25) is 0 Å². The van der Waals surface area contributed by atoms with Crippen molar-refractivity contribution in [2.24, 2.45) is 5.84 Å². The summed E-state index contributed by atoms with van der Waals surface area (Å²) in [5.74, 6) is 4.45. The van der Waals surface area contributed by atoms with Crippen LogP contribution in [0.15, 0.2) is 18.2 Å². The Bertz CT molecular complexity index is 456. The SMILES string of the molecule is CC1(NC(=O)c2cccc(F)c2NN)CCCC1. The molecular weight excluding hydrogens is 233 g/mol. The van der Waals surface area contributed by atoms with E-state index in [2.05, 4.69) is 10.7 Å². The Balaban J connectivity index is 2.21. The van der Waals surface area contributed by atoms with Gasteiger partial charge in [-0.2, -0.15) is 0 Å². The Hall–Kier alpha value is -1.62. The van der Waals surface area contributed by atoms with E-state index >= 15 is 0 Å². The van der Waals surface area contributed by atoms with Crippen LogP contribution in [0.25, 0.3) is 0 Å². The lowest BCUT2D eigenvalue weighted by molar-refractivity contribution is 0.0908. The Morgan fingerprint density at radius 2 is 2.06 bits per heavy atom. The molecule has 4 nitrogen and oxygen atoms in total. The van der Waals surface area contributed by atoms with Crippen LogP contribution in [0.4, 0.5) is 10.1 Å². The normalized spacial score (nSPS) is 17.5. The van der Waals surface area contributed by atoms with Gasteiger partial charge in [0.25, 0.3) is 5.91 Å². The molecule has 1 saturated carbocycles. The highest BCUT2D eigenvalue weighted by molar-refractivity contribution is 6.00. The van der Waals surface area contributed by atoms with E-state index < -0.39 is 5.82 Å². The molecular formula is C13H18FN3O. The van der Waals surface area contributed by atoms with Gasteiger partial charge in [-0.25, -0.2) is 4.39 Å². The van der Waals surface area contributed by atoms with Gasteiger partial charge in [0.05, 0.1) is 11.3 Å². The Labute approximate surface area is 106 Å². The number of benzene rings is 1. The Morgan fingerprint density at radius 3 is 2.67 bits per heavy atom. The molecule has 1 aromatic carbocycles. The number of hydrazine groups is 1. The standard InChI is InChI=1S/C13H18FN3O/c1-13(7-2-3-8-13)16-12(18)9-5-4-6-10(14)11(9)17-15/h4-6,17H,2-3,7-8,15H2,1H3,(H,16,18). The number of hydrogen-bond donors (Lipinski definition) is 3. The maximum Gasteiger partial charge on any atom is 0.253 e. The highest BCUT2D eigenvalue weighted by Crippen LogP contribution is 2.29. The minimum absolute atomic E-state index is 0.0385. The van der Waals surface area contributed by atoms with Crippen LogP contribution in [0.5, 0.6) is 0 Å². The molecule has 1 fully saturated rings. The lowest BCUT2D eigenvalue weighted by Gasteiger charge is -2.25. The lowest BCUT2D eigenvalue weighted by Crippen LogP contribution is -2.43. The minimum atomic E-state index is -0.526. The van der Waals surface area contributed by atoms with Gasteiger partial charge in [0.1, 0.15) is 5.82 Å². The van der Waals surface area contributed by atoms with Crippen LogP contribution in [0.2, 0.25) is 0 Å². The van der Waals surface area contributed by atoms with Crippen molar-refractivity contribution in [1.82, 2.24) is 5.32 Å². The first-order valence-corrected chi connectivity index (χ1v) is 6.13. The number of halogens is 1. The fourth-order valence-electron chi connectivity index (χ4n) is 2.48. The number of nitrogens with one attached hydrogen (secondary N) is 2. The zero-order valence-electron chi connectivity index (χ0n) is 10.4. The third-order valence-corrected chi connectivity index (χ3v) is 3.52. The van der Waals surface area contributed by atoms with Crippen LogP contribution in [-0.2, 0) is 0 Å². The summed E-state index contributed by atoms with van der Waals surface area (Å²) in [5.41, 5.74) is 2.34. The molecule has 0 aliphatic heterocycles. The number of amides is 1. The van der Waals surface area contributed by atoms with Crippen molar-refractivity contribution < 1.29 is 9.18 Å². The number of anilines is 1.